The van der Waals surface area contributed by atoms with Crippen molar-refractivity contribution in [3.05, 3.63) is 23.8 Å². The van der Waals surface area contributed by atoms with Gasteiger partial charge in [0.1, 0.15) is 5.75 Å². The molecule has 1 rings (SSSR count). The highest BCUT2D eigenvalue weighted by atomic mass is 32.2. The number of sulfonamides is 1. The van der Waals surface area contributed by atoms with E-state index in [-0.39, 0.29) is 12.3 Å². The van der Waals surface area contributed by atoms with Gasteiger partial charge in [-0.05, 0) is 32.0 Å². The lowest BCUT2D eigenvalue weighted by Gasteiger charge is -2.12. The average molecular weight is 287 g/mol. The van der Waals surface area contributed by atoms with Crippen LogP contribution in [0.15, 0.2) is 18.2 Å². The molecule has 19 heavy (non-hydrogen) atoms. The Labute approximate surface area is 112 Å². The number of carbonyl (C=O) groups excluding carboxylic acids is 1. The Kier molecular flexibility index (Phi) is 5.17. The number of nitrogens with one attached hydrogen (secondary N) is 1. The molecular formula is C12H17NO5S. The number of rotatable bonds is 6. The van der Waals surface area contributed by atoms with Crippen LogP contribution in [-0.4, -0.2) is 33.9 Å². The number of hydrogen-bond donors (Lipinski definition) is 1. The number of anilines is 1. The van der Waals surface area contributed by atoms with Crippen LogP contribution in [0, 0.1) is 0 Å². The fourth-order valence-electron chi connectivity index (χ4n) is 1.42. The monoisotopic (exact) mass is 287 g/mol. The smallest absolute Gasteiger partial charge is 0.338 e. The van der Waals surface area contributed by atoms with Gasteiger partial charge in [-0.15, -0.1) is 0 Å². The maximum atomic E-state index is 11.6. The third-order valence-electron chi connectivity index (χ3n) is 2.09. The van der Waals surface area contributed by atoms with Crippen LogP contribution in [0.3, 0.4) is 0 Å². The van der Waals surface area contributed by atoms with E-state index in [0.29, 0.717) is 17.9 Å². The number of hydrogen-bond acceptors (Lipinski definition) is 5. The lowest BCUT2D eigenvalue weighted by Crippen LogP contribution is -2.12. The first-order valence-corrected chi connectivity index (χ1v) is 7.68. The van der Waals surface area contributed by atoms with Crippen molar-refractivity contribution in [2.24, 2.45) is 0 Å². The van der Waals surface area contributed by atoms with Gasteiger partial charge in [0.2, 0.25) is 10.0 Å². The molecule has 0 unspecified atom stereocenters. The zero-order valence-electron chi connectivity index (χ0n) is 11.1. The van der Waals surface area contributed by atoms with E-state index in [1.807, 2.05) is 0 Å². The molecule has 0 aromatic heterocycles. The van der Waals surface area contributed by atoms with Gasteiger partial charge in [0, 0.05) is 0 Å². The Balaban J connectivity index is 3.10. The Hall–Kier alpha value is -1.76. The summed E-state index contributed by atoms with van der Waals surface area (Å²) in [4.78, 5) is 11.6. The minimum absolute atomic E-state index is 0.270. The van der Waals surface area contributed by atoms with Crippen LogP contribution in [-0.2, 0) is 14.8 Å². The molecule has 106 valence electrons. The second-order valence-electron chi connectivity index (χ2n) is 3.74. The van der Waals surface area contributed by atoms with Crippen molar-refractivity contribution >= 4 is 21.7 Å². The molecule has 0 amide bonds. The highest BCUT2D eigenvalue weighted by molar-refractivity contribution is 7.92. The number of benzene rings is 1. The van der Waals surface area contributed by atoms with E-state index in [2.05, 4.69) is 4.72 Å². The van der Waals surface area contributed by atoms with E-state index in [1.54, 1.807) is 13.8 Å². The molecule has 0 atom stereocenters. The third-order valence-corrected chi connectivity index (χ3v) is 2.68. The summed E-state index contributed by atoms with van der Waals surface area (Å²) < 4.78 is 35.0. The third kappa shape index (κ3) is 4.78. The zero-order chi connectivity index (χ0) is 14.5. The first kappa shape index (κ1) is 15.3. The SMILES string of the molecule is CCOC(=O)c1ccc(NS(C)(=O)=O)c(OCC)c1. The first-order valence-electron chi connectivity index (χ1n) is 5.79. The summed E-state index contributed by atoms with van der Waals surface area (Å²) in [5.74, 6) is -0.187. The fraction of sp³-hybridized carbons (Fsp3) is 0.417. The Bertz CT molecular complexity index is 553. The standard InChI is InChI=1S/C12H17NO5S/c1-4-17-11-8-9(12(14)18-5-2)6-7-10(11)13-19(3,15)16/h6-8,13H,4-5H2,1-3H3. The number of esters is 1. The lowest BCUT2D eigenvalue weighted by atomic mass is 10.2. The van der Waals surface area contributed by atoms with Crippen molar-refractivity contribution in [1.82, 2.24) is 0 Å². The molecule has 0 saturated heterocycles. The molecule has 0 radical (unpaired) electrons. The average Bonchev–Trinajstić information content (AvgIpc) is 2.30. The van der Waals surface area contributed by atoms with E-state index in [4.69, 9.17) is 9.47 Å². The highest BCUT2D eigenvalue weighted by Gasteiger charge is 2.13. The van der Waals surface area contributed by atoms with Gasteiger partial charge in [0.25, 0.3) is 0 Å². The van der Waals surface area contributed by atoms with E-state index < -0.39 is 16.0 Å². The Morgan fingerprint density at radius 3 is 2.47 bits per heavy atom. The molecule has 0 saturated carbocycles. The van der Waals surface area contributed by atoms with Crippen LogP contribution in [0.5, 0.6) is 5.75 Å². The minimum Gasteiger partial charge on any atom is -0.492 e. The predicted octanol–water partition coefficient (Wildman–Crippen LogP) is 1.63. The molecule has 6 nitrogen and oxygen atoms in total. The molecule has 0 spiro atoms. The summed E-state index contributed by atoms with van der Waals surface area (Å²) >= 11 is 0. The molecule has 0 aliphatic rings. The van der Waals surface area contributed by atoms with Crippen molar-refractivity contribution in [2.45, 2.75) is 13.8 Å². The van der Waals surface area contributed by atoms with Crippen molar-refractivity contribution in [1.29, 1.82) is 0 Å². The van der Waals surface area contributed by atoms with Crippen molar-refractivity contribution in [2.75, 3.05) is 24.2 Å². The molecule has 7 heteroatoms. The Morgan fingerprint density at radius 1 is 1.26 bits per heavy atom. The number of carbonyl (C=O) groups is 1. The summed E-state index contributed by atoms with van der Waals surface area (Å²) in [6, 6.07) is 4.40. The molecule has 1 N–H and O–H groups in total. The van der Waals surface area contributed by atoms with E-state index >= 15 is 0 Å². The summed E-state index contributed by atoms with van der Waals surface area (Å²) in [5, 5.41) is 0. The second-order valence-corrected chi connectivity index (χ2v) is 5.49. The largest absolute Gasteiger partial charge is 0.492 e. The summed E-state index contributed by atoms with van der Waals surface area (Å²) in [6.45, 7) is 4.10. The highest BCUT2D eigenvalue weighted by Crippen LogP contribution is 2.27. The molecule has 1 aromatic rings. The van der Waals surface area contributed by atoms with Gasteiger partial charge >= 0.3 is 5.97 Å². The Morgan fingerprint density at radius 2 is 1.95 bits per heavy atom. The molecule has 0 aliphatic carbocycles. The van der Waals surface area contributed by atoms with Gasteiger partial charge in [-0.25, -0.2) is 13.2 Å². The van der Waals surface area contributed by atoms with Crippen molar-refractivity contribution in [3.63, 3.8) is 0 Å². The van der Waals surface area contributed by atoms with E-state index in [9.17, 15) is 13.2 Å². The van der Waals surface area contributed by atoms with Gasteiger partial charge in [-0.2, -0.15) is 0 Å². The summed E-state index contributed by atoms with van der Waals surface area (Å²) in [5.41, 5.74) is 0.599. The molecule has 0 aliphatic heterocycles. The first-order chi connectivity index (χ1) is 8.87. The maximum Gasteiger partial charge on any atom is 0.338 e. The van der Waals surface area contributed by atoms with Crippen molar-refractivity contribution < 1.29 is 22.7 Å². The van der Waals surface area contributed by atoms with Crippen LogP contribution in [0.1, 0.15) is 24.2 Å². The molecule has 0 fully saturated rings. The van der Waals surface area contributed by atoms with Crippen LogP contribution in [0.25, 0.3) is 0 Å². The van der Waals surface area contributed by atoms with Crippen molar-refractivity contribution in [3.8, 4) is 5.75 Å². The normalized spacial score (nSPS) is 10.9. The fourth-order valence-corrected chi connectivity index (χ4v) is 1.99. The minimum atomic E-state index is -3.41. The topological polar surface area (TPSA) is 81.7 Å². The van der Waals surface area contributed by atoms with Crippen LogP contribution in [0.4, 0.5) is 5.69 Å². The van der Waals surface area contributed by atoms with Gasteiger partial charge in [-0.3, -0.25) is 4.72 Å². The zero-order valence-corrected chi connectivity index (χ0v) is 11.9. The van der Waals surface area contributed by atoms with Gasteiger partial charge in [0.05, 0.1) is 30.7 Å². The van der Waals surface area contributed by atoms with E-state index in [0.717, 1.165) is 6.26 Å². The second kappa shape index (κ2) is 6.42. The van der Waals surface area contributed by atoms with Crippen LogP contribution >= 0.6 is 0 Å². The molecule has 0 heterocycles. The van der Waals surface area contributed by atoms with Gasteiger partial charge in [-0.1, -0.05) is 0 Å². The van der Waals surface area contributed by atoms with Gasteiger partial charge in [0.15, 0.2) is 0 Å². The maximum absolute atomic E-state index is 11.6. The number of ether oxygens (including phenoxy) is 2. The van der Waals surface area contributed by atoms with E-state index in [1.165, 1.54) is 18.2 Å². The predicted molar refractivity (Wildman–Crippen MR) is 72.0 cm³/mol. The van der Waals surface area contributed by atoms with Crippen LogP contribution in [0.2, 0.25) is 0 Å². The molecule has 1 aromatic carbocycles. The van der Waals surface area contributed by atoms with Gasteiger partial charge < -0.3 is 9.47 Å². The molecular weight excluding hydrogens is 270 g/mol. The quantitative estimate of drug-likeness (QED) is 0.804. The summed E-state index contributed by atoms with van der Waals surface area (Å²) in [6.07, 6.45) is 1.04. The lowest BCUT2D eigenvalue weighted by molar-refractivity contribution is 0.0526. The summed E-state index contributed by atoms with van der Waals surface area (Å²) in [7, 11) is -3.41. The molecule has 0 bridgehead atoms. The van der Waals surface area contributed by atoms with Crippen LogP contribution < -0.4 is 9.46 Å².